The van der Waals surface area contributed by atoms with Crippen molar-refractivity contribution in [3.63, 3.8) is 0 Å². The summed E-state index contributed by atoms with van der Waals surface area (Å²) in [6, 6.07) is 17.1. The molecule has 1 N–H and O–H groups in total. The van der Waals surface area contributed by atoms with Gasteiger partial charge in [-0.3, -0.25) is 4.79 Å². The van der Waals surface area contributed by atoms with Crippen LogP contribution in [0, 0.1) is 0 Å². The van der Waals surface area contributed by atoms with E-state index >= 15 is 0 Å². The van der Waals surface area contributed by atoms with Crippen LogP contribution in [0.4, 0.5) is 5.69 Å². The van der Waals surface area contributed by atoms with Gasteiger partial charge in [0.05, 0.1) is 6.04 Å². The molecule has 4 aromatic rings. The molecule has 0 spiro atoms. The Morgan fingerprint density at radius 2 is 1.89 bits per heavy atom. The number of hydrogen-bond donors (Lipinski definition) is 1. The van der Waals surface area contributed by atoms with Gasteiger partial charge in [-0.05, 0) is 59.0 Å². The molecule has 138 valence electrons. The van der Waals surface area contributed by atoms with Gasteiger partial charge in [0.25, 0.3) is 5.91 Å². The monoisotopic (exact) mass is 390 g/mol. The maximum atomic E-state index is 12.6. The number of aromatic nitrogens is 5. The van der Waals surface area contributed by atoms with Crippen molar-refractivity contribution in [1.29, 1.82) is 0 Å². The fourth-order valence-corrected chi connectivity index (χ4v) is 3.38. The topological polar surface area (TPSA) is 85.6 Å². The molecule has 7 nitrogen and oxygen atoms in total. The van der Waals surface area contributed by atoms with Gasteiger partial charge in [0.1, 0.15) is 10.8 Å². The van der Waals surface area contributed by atoms with E-state index in [1.807, 2.05) is 53.2 Å². The number of nitrogens with one attached hydrogen (secondary N) is 1. The maximum absolute atomic E-state index is 12.6. The van der Waals surface area contributed by atoms with Crippen LogP contribution in [0.25, 0.3) is 22.2 Å². The lowest BCUT2D eigenvalue weighted by atomic mass is 10.1. The third-order valence-corrected chi connectivity index (χ3v) is 5.00. The van der Waals surface area contributed by atoms with Crippen molar-refractivity contribution >= 4 is 34.0 Å². The van der Waals surface area contributed by atoms with Crippen molar-refractivity contribution in [3.8, 4) is 11.4 Å². The first-order chi connectivity index (χ1) is 13.7. The molecule has 0 saturated heterocycles. The van der Waals surface area contributed by atoms with Crippen LogP contribution in [0.2, 0.25) is 5.15 Å². The van der Waals surface area contributed by atoms with Gasteiger partial charge >= 0.3 is 0 Å². The molecular weight excluding hydrogens is 376 g/mol. The fourth-order valence-electron chi connectivity index (χ4n) is 3.12. The summed E-state index contributed by atoms with van der Waals surface area (Å²) in [7, 11) is 0. The summed E-state index contributed by atoms with van der Waals surface area (Å²) in [4.78, 5) is 16.8. The second kappa shape index (κ2) is 6.69. The molecule has 8 heteroatoms. The molecule has 0 atom stereocenters. The van der Waals surface area contributed by atoms with Gasteiger partial charge in [-0.25, -0.2) is 9.67 Å². The van der Waals surface area contributed by atoms with Crippen molar-refractivity contribution < 1.29 is 4.79 Å². The van der Waals surface area contributed by atoms with Crippen LogP contribution in [0.5, 0.6) is 0 Å². The lowest BCUT2D eigenvalue weighted by Gasteiger charge is -2.08. The van der Waals surface area contributed by atoms with Gasteiger partial charge in [-0.2, -0.15) is 0 Å². The third kappa shape index (κ3) is 3.10. The standard InChI is InChI=1S/C20H15ClN6O/c21-18-16-4-2-1-3-13(16)11-17(23-18)20(28)22-14-7-5-12(6-8-14)19-24-25-26-27(19)15-9-10-15/h1-8,11,15H,9-10H2,(H,22,28). The Morgan fingerprint density at radius 3 is 2.68 bits per heavy atom. The highest BCUT2D eigenvalue weighted by atomic mass is 35.5. The van der Waals surface area contributed by atoms with Crippen LogP contribution in [-0.4, -0.2) is 31.1 Å². The number of tetrazole rings is 1. The smallest absolute Gasteiger partial charge is 0.274 e. The summed E-state index contributed by atoms with van der Waals surface area (Å²) in [6.07, 6.45) is 2.21. The van der Waals surface area contributed by atoms with E-state index in [2.05, 4.69) is 25.8 Å². The highest BCUT2D eigenvalue weighted by molar-refractivity contribution is 6.34. The Labute approximate surface area is 165 Å². The first-order valence-electron chi connectivity index (χ1n) is 8.94. The molecule has 0 unspecified atom stereocenters. The summed E-state index contributed by atoms with van der Waals surface area (Å²) in [5.41, 5.74) is 1.83. The molecule has 2 aromatic heterocycles. The van der Waals surface area contributed by atoms with Gasteiger partial charge < -0.3 is 5.32 Å². The zero-order valence-corrected chi connectivity index (χ0v) is 15.5. The highest BCUT2D eigenvalue weighted by Gasteiger charge is 2.28. The molecule has 1 saturated carbocycles. The predicted octanol–water partition coefficient (Wildman–Crippen LogP) is 4.13. The molecular formula is C20H15ClN6O. The van der Waals surface area contributed by atoms with Crippen molar-refractivity contribution in [3.05, 3.63) is 65.4 Å². The van der Waals surface area contributed by atoms with Crippen LogP contribution >= 0.6 is 11.6 Å². The summed E-state index contributed by atoms with van der Waals surface area (Å²) in [5.74, 6) is 0.423. The lowest BCUT2D eigenvalue weighted by Crippen LogP contribution is -2.13. The van der Waals surface area contributed by atoms with E-state index < -0.39 is 0 Å². The average Bonchev–Trinajstić information content (AvgIpc) is 3.45. The van der Waals surface area contributed by atoms with E-state index in [4.69, 9.17) is 11.6 Å². The van der Waals surface area contributed by atoms with Crippen LogP contribution in [0.1, 0.15) is 29.4 Å². The van der Waals surface area contributed by atoms with E-state index in [0.717, 1.165) is 35.0 Å². The number of anilines is 1. The van der Waals surface area contributed by atoms with Crippen molar-refractivity contribution in [2.24, 2.45) is 0 Å². The molecule has 2 heterocycles. The Bertz CT molecular complexity index is 1180. The van der Waals surface area contributed by atoms with Crippen LogP contribution in [0.3, 0.4) is 0 Å². The molecule has 1 aliphatic rings. The number of carbonyl (C=O) groups excluding carboxylic acids is 1. The van der Waals surface area contributed by atoms with E-state index in [9.17, 15) is 4.79 Å². The number of benzene rings is 2. The summed E-state index contributed by atoms with van der Waals surface area (Å²) < 4.78 is 1.86. The normalized spacial score (nSPS) is 13.6. The molecule has 28 heavy (non-hydrogen) atoms. The first kappa shape index (κ1) is 16.8. The molecule has 0 bridgehead atoms. The minimum absolute atomic E-state index is 0.269. The van der Waals surface area contributed by atoms with E-state index in [-0.39, 0.29) is 11.6 Å². The summed E-state index contributed by atoms with van der Waals surface area (Å²) in [5, 5.41) is 16.8. The zero-order valence-electron chi connectivity index (χ0n) is 14.7. The largest absolute Gasteiger partial charge is 0.321 e. The molecule has 1 amide bonds. The molecule has 0 aliphatic heterocycles. The van der Waals surface area contributed by atoms with E-state index in [1.54, 1.807) is 6.07 Å². The Morgan fingerprint density at radius 1 is 1.11 bits per heavy atom. The second-order valence-corrected chi connectivity index (χ2v) is 7.09. The number of fused-ring (bicyclic) bond motifs is 1. The number of nitrogens with zero attached hydrogens (tertiary/aromatic N) is 5. The van der Waals surface area contributed by atoms with Crippen molar-refractivity contribution in [2.75, 3.05) is 5.32 Å². The molecule has 2 aromatic carbocycles. The average molecular weight is 391 g/mol. The number of halogens is 1. The SMILES string of the molecule is O=C(Nc1ccc(-c2nnnn2C2CC2)cc1)c1cc2ccccc2c(Cl)n1. The quantitative estimate of drug-likeness (QED) is 0.529. The summed E-state index contributed by atoms with van der Waals surface area (Å²) in [6.45, 7) is 0. The lowest BCUT2D eigenvalue weighted by molar-refractivity contribution is 0.102. The molecule has 1 fully saturated rings. The number of amides is 1. The zero-order chi connectivity index (χ0) is 19.1. The Hall–Kier alpha value is -3.32. The van der Waals surface area contributed by atoms with Gasteiger partial charge in [-0.1, -0.05) is 35.9 Å². The maximum Gasteiger partial charge on any atom is 0.274 e. The minimum atomic E-state index is -0.316. The van der Waals surface area contributed by atoms with Crippen LogP contribution in [-0.2, 0) is 0 Å². The first-order valence-corrected chi connectivity index (χ1v) is 9.32. The van der Waals surface area contributed by atoms with Crippen molar-refractivity contribution in [2.45, 2.75) is 18.9 Å². The van der Waals surface area contributed by atoms with Gasteiger partial charge in [0, 0.05) is 16.6 Å². The number of hydrogen-bond acceptors (Lipinski definition) is 5. The fraction of sp³-hybridized carbons (Fsp3) is 0.150. The van der Waals surface area contributed by atoms with Gasteiger partial charge in [0.2, 0.25) is 0 Å². The third-order valence-electron chi connectivity index (χ3n) is 4.71. The van der Waals surface area contributed by atoms with E-state index in [1.165, 1.54) is 0 Å². The van der Waals surface area contributed by atoms with E-state index in [0.29, 0.717) is 16.9 Å². The van der Waals surface area contributed by atoms with Gasteiger partial charge in [-0.15, -0.1) is 5.10 Å². The predicted molar refractivity (Wildman–Crippen MR) is 106 cm³/mol. The Kier molecular flexibility index (Phi) is 4.02. The van der Waals surface area contributed by atoms with Crippen LogP contribution in [0.15, 0.2) is 54.6 Å². The molecule has 1 aliphatic carbocycles. The van der Waals surface area contributed by atoms with Crippen LogP contribution < -0.4 is 5.32 Å². The van der Waals surface area contributed by atoms with Gasteiger partial charge in [0.15, 0.2) is 5.82 Å². The minimum Gasteiger partial charge on any atom is -0.321 e. The van der Waals surface area contributed by atoms with Crippen molar-refractivity contribution in [1.82, 2.24) is 25.2 Å². The number of rotatable bonds is 4. The molecule has 0 radical (unpaired) electrons. The number of pyridine rings is 1. The highest BCUT2D eigenvalue weighted by Crippen LogP contribution is 2.36. The summed E-state index contributed by atoms with van der Waals surface area (Å²) >= 11 is 6.22. The molecule has 5 rings (SSSR count). The Balaban J connectivity index is 1.37. The second-order valence-electron chi connectivity index (χ2n) is 6.73. The number of carbonyl (C=O) groups is 1.